The van der Waals surface area contributed by atoms with E-state index >= 15 is 0 Å². The van der Waals surface area contributed by atoms with E-state index in [-0.39, 0.29) is 12.1 Å². The van der Waals surface area contributed by atoms with Gasteiger partial charge in [0.15, 0.2) is 0 Å². The third-order valence-corrected chi connectivity index (χ3v) is 2.10. The maximum atomic E-state index is 9.60. The normalized spacial score (nSPS) is 16.4. The van der Waals surface area contributed by atoms with Gasteiger partial charge in [0, 0.05) is 26.1 Å². The van der Waals surface area contributed by atoms with Crippen molar-refractivity contribution in [3.05, 3.63) is 0 Å². The van der Waals surface area contributed by atoms with Crippen LogP contribution in [0.15, 0.2) is 0 Å². The van der Waals surface area contributed by atoms with E-state index in [9.17, 15) is 5.11 Å². The molecule has 0 saturated heterocycles. The fourth-order valence-corrected chi connectivity index (χ4v) is 1.20. The van der Waals surface area contributed by atoms with Crippen LogP contribution in [0.5, 0.6) is 0 Å². The van der Waals surface area contributed by atoms with Gasteiger partial charge in [0.05, 0.1) is 25.4 Å². The number of nitrogens with one attached hydrogen (secondary N) is 1. The third kappa shape index (κ3) is 8.69. The van der Waals surface area contributed by atoms with E-state index in [0.29, 0.717) is 26.2 Å². The zero-order valence-corrected chi connectivity index (χ0v) is 10.4. The molecule has 4 heteroatoms. The van der Waals surface area contributed by atoms with E-state index in [1.165, 1.54) is 0 Å². The smallest absolute Gasteiger partial charge is 0.0897 e. The molecule has 0 fully saturated rings. The zero-order chi connectivity index (χ0) is 12.4. The molecule has 0 heterocycles. The Bertz CT molecular complexity index is 203. The summed E-state index contributed by atoms with van der Waals surface area (Å²) < 4.78 is 10.3. The molecule has 0 rings (SSSR count). The summed E-state index contributed by atoms with van der Waals surface area (Å²) in [4.78, 5) is 0. The first-order valence-electron chi connectivity index (χ1n) is 5.55. The number of hydrogen-bond donors (Lipinski definition) is 2. The average molecular weight is 229 g/mol. The minimum absolute atomic E-state index is 0.00258. The number of rotatable bonds is 9. The molecular weight excluding hydrogens is 206 g/mol. The van der Waals surface area contributed by atoms with Crippen LogP contribution < -0.4 is 5.32 Å². The molecule has 0 spiro atoms. The van der Waals surface area contributed by atoms with Gasteiger partial charge in [-0.15, -0.1) is 12.3 Å². The molecule has 0 aliphatic heterocycles. The first kappa shape index (κ1) is 15.4. The van der Waals surface area contributed by atoms with Gasteiger partial charge in [0.25, 0.3) is 0 Å². The second kappa shape index (κ2) is 9.61. The summed E-state index contributed by atoms with van der Waals surface area (Å²) in [5.41, 5.74) is 0. The van der Waals surface area contributed by atoms with E-state index < -0.39 is 6.10 Å². The molecule has 0 bridgehead atoms. The summed E-state index contributed by atoms with van der Waals surface area (Å²) in [5, 5.41) is 12.7. The monoisotopic (exact) mass is 229 g/mol. The van der Waals surface area contributed by atoms with Crippen LogP contribution in [0.2, 0.25) is 0 Å². The Morgan fingerprint density at radius 2 is 2.06 bits per heavy atom. The SMILES string of the molecule is C#CCC(C)NCC(O)COC(C)COC. The number of aliphatic hydroxyl groups excluding tert-OH is 1. The lowest BCUT2D eigenvalue weighted by atomic mass is 10.2. The van der Waals surface area contributed by atoms with Crippen molar-refractivity contribution in [3.8, 4) is 12.3 Å². The van der Waals surface area contributed by atoms with Crippen LogP contribution in [0.25, 0.3) is 0 Å². The van der Waals surface area contributed by atoms with E-state index in [1.807, 2.05) is 13.8 Å². The first-order valence-corrected chi connectivity index (χ1v) is 5.55. The number of aliphatic hydroxyl groups is 1. The van der Waals surface area contributed by atoms with Gasteiger partial charge in [0.1, 0.15) is 0 Å². The summed E-state index contributed by atoms with van der Waals surface area (Å²) in [6, 6.07) is 0.219. The summed E-state index contributed by atoms with van der Waals surface area (Å²) in [7, 11) is 1.62. The van der Waals surface area contributed by atoms with Crippen molar-refractivity contribution in [1.82, 2.24) is 5.32 Å². The number of ether oxygens (including phenoxy) is 2. The van der Waals surface area contributed by atoms with Gasteiger partial charge < -0.3 is 19.9 Å². The Labute approximate surface area is 98.3 Å². The van der Waals surface area contributed by atoms with Crippen molar-refractivity contribution in [2.45, 2.75) is 38.5 Å². The van der Waals surface area contributed by atoms with E-state index in [1.54, 1.807) is 7.11 Å². The van der Waals surface area contributed by atoms with Gasteiger partial charge in [-0.25, -0.2) is 0 Å². The lowest BCUT2D eigenvalue weighted by Crippen LogP contribution is -2.36. The van der Waals surface area contributed by atoms with Gasteiger partial charge in [-0.1, -0.05) is 0 Å². The molecule has 0 saturated carbocycles. The second-order valence-electron chi connectivity index (χ2n) is 3.97. The van der Waals surface area contributed by atoms with Crippen molar-refractivity contribution in [2.75, 3.05) is 26.9 Å². The molecule has 0 aliphatic rings. The lowest BCUT2D eigenvalue weighted by molar-refractivity contribution is -0.0314. The fraction of sp³-hybridized carbons (Fsp3) is 0.833. The molecule has 0 amide bonds. The van der Waals surface area contributed by atoms with Gasteiger partial charge >= 0.3 is 0 Å². The molecule has 16 heavy (non-hydrogen) atoms. The van der Waals surface area contributed by atoms with E-state index in [2.05, 4.69) is 11.2 Å². The topological polar surface area (TPSA) is 50.7 Å². The zero-order valence-electron chi connectivity index (χ0n) is 10.4. The van der Waals surface area contributed by atoms with Gasteiger partial charge in [-0.2, -0.15) is 0 Å². The predicted molar refractivity (Wildman–Crippen MR) is 64.2 cm³/mol. The number of methoxy groups -OCH3 is 1. The molecule has 3 atom stereocenters. The highest BCUT2D eigenvalue weighted by molar-refractivity contribution is 4.88. The lowest BCUT2D eigenvalue weighted by Gasteiger charge is -2.18. The molecule has 0 radical (unpaired) electrons. The van der Waals surface area contributed by atoms with Gasteiger partial charge in [-0.3, -0.25) is 0 Å². The molecule has 2 N–H and O–H groups in total. The van der Waals surface area contributed by atoms with Crippen LogP contribution >= 0.6 is 0 Å². The summed E-state index contributed by atoms with van der Waals surface area (Å²) in [6.45, 7) is 5.22. The quantitative estimate of drug-likeness (QED) is 0.562. The highest BCUT2D eigenvalue weighted by atomic mass is 16.5. The molecule has 4 nitrogen and oxygen atoms in total. The number of hydrogen-bond acceptors (Lipinski definition) is 4. The van der Waals surface area contributed by atoms with Crippen LogP contribution in [0.3, 0.4) is 0 Å². The summed E-state index contributed by atoms with van der Waals surface area (Å²) in [5.74, 6) is 2.57. The van der Waals surface area contributed by atoms with Crippen LogP contribution in [-0.2, 0) is 9.47 Å². The molecule has 3 unspecified atom stereocenters. The largest absolute Gasteiger partial charge is 0.389 e. The Hall–Kier alpha value is -0.600. The average Bonchev–Trinajstić information content (AvgIpc) is 2.24. The molecule has 94 valence electrons. The molecule has 0 aliphatic carbocycles. The van der Waals surface area contributed by atoms with Crippen LogP contribution in [0.1, 0.15) is 20.3 Å². The maximum absolute atomic E-state index is 9.60. The van der Waals surface area contributed by atoms with Crippen LogP contribution in [-0.4, -0.2) is 50.2 Å². The van der Waals surface area contributed by atoms with Crippen molar-refractivity contribution >= 4 is 0 Å². The standard InChI is InChI=1S/C12H23NO3/c1-5-6-10(2)13-7-12(14)9-16-11(3)8-15-4/h1,10-14H,6-9H2,2-4H3. The van der Waals surface area contributed by atoms with Crippen LogP contribution in [0, 0.1) is 12.3 Å². The molecule has 0 aromatic carbocycles. The summed E-state index contributed by atoms with van der Waals surface area (Å²) >= 11 is 0. The first-order chi connectivity index (χ1) is 7.60. The summed E-state index contributed by atoms with van der Waals surface area (Å²) in [6.07, 6.45) is 5.33. The third-order valence-electron chi connectivity index (χ3n) is 2.10. The van der Waals surface area contributed by atoms with E-state index in [0.717, 1.165) is 0 Å². The highest BCUT2D eigenvalue weighted by Crippen LogP contribution is 1.94. The fourth-order valence-electron chi connectivity index (χ4n) is 1.20. The second-order valence-corrected chi connectivity index (χ2v) is 3.97. The Morgan fingerprint density at radius 1 is 1.38 bits per heavy atom. The van der Waals surface area contributed by atoms with E-state index in [4.69, 9.17) is 15.9 Å². The Morgan fingerprint density at radius 3 is 2.62 bits per heavy atom. The Balaban J connectivity index is 3.51. The number of terminal acetylenes is 1. The highest BCUT2D eigenvalue weighted by Gasteiger charge is 2.09. The molecule has 0 aromatic rings. The van der Waals surface area contributed by atoms with Crippen molar-refractivity contribution in [3.63, 3.8) is 0 Å². The Kier molecular flexibility index (Phi) is 9.25. The van der Waals surface area contributed by atoms with Crippen molar-refractivity contribution in [1.29, 1.82) is 0 Å². The van der Waals surface area contributed by atoms with Gasteiger partial charge in [0.2, 0.25) is 0 Å². The maximum Gasteiger partial charge on any atom is 0.0897 e. The molecule has 0 aromatic heterocycles. The minimum atomic E-state index is -0.514. The molecular formula is C12H23NO3. The van der Waals surface area contributed by atoms with Crippen molar-refractivity contribution in [2.24, 2.45) is 0 Å². The minimum Gasteiger partial charge on any atom is -0.389 e. The van der Waals surface area contributed by atoms with Gasteiger partial charge in [-0.05, 0) is 13.8 Å². The van der Waals surface area contributed by atoms with Crippen LogP contribution in [0.4, 0.5) is 0 Å². The van der Waals surface area contributed by atoms with Crippen molar-refractivity contribution < 1.29 is 14.6 Å². The predicted octanol–water partition coefficient (Wildman–Crippen LogP) is 0.400.